The van der Waals surface area contributed by atoms with E-state index >= 15 is 0 Å². The highest BCUT2D eigenvalue weighted by Crippen LogP contribution is 2.64. The maximum absolute atomic E-state index is 12.2. The highest BCUT2D eigenvalue weighted by atomic mass is 35.5. The summed E-state index contributed by atoms with van der Waals surface area (Å²) in [7, 11) is 0. The zero-order chi connectivity index (χ0) is 20.6. The minimum atomic E-state index is -1.22. The Hall–Kier alpha value is -2.06. The van der Waals surface area contributed by atoms with Gasteiger partial charge in [0.25, 0.3) is 5.91 Å². The van der Waals surface area contributed by atoms with Gasteiger partial charge in [-0.25, -0.2) is 4.79 Å². The van der Waals surface area contributed by atoms with Gasteiger partial charge in [-0.15, -0.1) is 23.2 Å². The highest BCUT2D eigenvalue weighted by Gasteiger charge is 2.69. The van der Waals surface area contributed by atoms with Gasteiger partial charge in [-0.3, -0.25) is 19.7 Å². The number of aryl methyl sites for hydroxylation is 1. The van der Waals surface area contributed by atoms with Gasteiger partial charge in [0.1, 0.15) is 21.1 Å². The molecule has 1 fully saturated rings. The largest absolute Gasteiger partial charge is 0.462 e. The lowest BCUT2D eigenvalue weighted by Crippen LogP contribution is -2.27. The van der Waals surface area contributed by atoms with E-state index in [0.29, 0.717) is 0 Å². The number of hydrogen-bond acceptors (Lipinski definition) is 7. The molecule has 148 valence electrons. The van der Waals surface area contributed by atoms with Crippen LogP contribution in [0.2, 0.25) is 0 Å². The Morgan fingerprint density at radius 3 is 2.26 bits per heavy atom. The van der Waals surface area contributed by atoms with Crippen LogP contribution in [-0.4, -0.2) is 41.2 Å². The number of halogens is 2. The third-order valence-electron chi connectivity index (χ3n) is 4.21. The lowest BCUT2D eigenvalue weighted by atomic mass is 10.1. The van der Waals surface area contributed by atoms with Crippen LogP contribution in [0.3, 0.4) is 0 Å². The molecule has 1 saturated carbocycles. The molecule has 0 radical (unpaired) electrons. The van der Waals surface area contributed by atoms with E-state index in [0.717, 1.165) is 0 Å². The number of esters is 2. The number of furan rings is 1. The summed E-state index contributed by atoms with van der Waals surface area (Å²) < 4.78 is 13.9. The Labute approximate surface area is 165 Å². The van der Waals surface area contributed by atoms with Crippen LogP contribution in [0.25, 0.3) is 0 Å². The van der Waals surface area contributed by atoms with Crippen LogP contribution in [0, 0.1) is 12.3 Å². The smallest absolute Gasteiger partial charge is 0.344 e. The SMILES string of the molecule is CCOC(=O)c1c(NC(=O)COC(=O)C2(C)CC2(Cl)Cl)oc(C)c1C(C)=O. The van der Waals surface area contributed by atoms with E-state index in [4.69, 9.17) is 37.1 Å². The third-order valence-corrected chi connectivity index (χ3v) is 5.31. The summed E-state index contributed by atoms with van der Waals surface area (Å²) in [4.78, 5) is 48.1. The van der Waals surface area contributed by atoms with Gasteiger partial charge in [0.05, 0.1) is 12.2 Å². The zero-order valence-corrected chi connectivity index (χ0v) is 16.7. The van der Waals surface area contributed by atoms with Gasteiger partial charge in [0.2, 0.25) is 5.88 Å². The fourth-order valence-electron chi connectivity index (χ4n) is 2.53. The molecule has 0 aliphatic heterocycles. The molecule has 10 heteroatoms. The molecule has 0 spiro atoms. The number of amides is 1. The van der Waals surface area contributed by atoms with E-state index in [2.05, 4.69) is 5.32 Å². The van der Waals surface area contributed by atoms with Crippen molar-refractivity contribution in [3.8, 4) is 0 Å². The predicted molar refractivity (Wildman–Crippen MR) is 96.2 cm³/mol. The Bertz CT molecular complexity index is 814. The second-order valence-corrected chi connectivity index (χ2v) is 7.84. The quantitative estimate of drug-likeness (QED) is 0.410. The first-order valence-electron chi connectivity index (χ1n) is 8.11. The van der Waals surface area contributed by atoms with Crippen molar-refractivity contribution in [3.05, 3.63) is 16.9 Å². The molecule has 1 aromatic heterocycles. The number of anilines is 1. The molecule has 2 rings (SSSR count). The number of hydrogen-bond donors (Lipinski definition) is 1. The summed E-state index contributed by atoms with van der Waals surface area (Å²) in [5.74, 6) is -2.82. The first-order chi connectivity index (χ1) is 12.4. The molecule has 0 saturated heterocycles. The summed E-state index contributed by atoms with van der Waals surface area (Å²) >= 11 is 11.8. The number of carbonyl (C=O) groups is 4. The average Bonchev–Trinajstić information content (AvgIpc) is 2.91. The number of nitrogens with one attached hydrogen (secondary N) is 1. The zero-order valence-electron chi connectivity index (χ0n) is 15.2. The van der Waals surface area contributed by atoms with E-state index in [9.17, 15) is 19.2 Å². The molecule has 1 aliphatic rings. The molecule has 1 aliphatic carbocycles. The molecule has 27 heavy (non-hydrogen) atoms. The second-order valence-electron chi connectivity index (χ2n) is 6.35. The van der Waals surface area contributed by atoms with Crippen molar-refractivity contribution in [2.75, 3.05) is 18.5 Å². The summed E-state index contributed by atoms with van der Waals surface area (Å²) in [6.07, 6.45) is 0.218. The normalized spacial score (nSPS) is 19.9. The molecule has 1 unspecified atom stereocenters. The molecule has 8 nitrogen and oxygen atoms in total. The van der Waals surface area contributed by atoms with Crippen LogP contribution in [0.1, 0.15) is 53.7 Å². The topological polar surface area (TPSA) is 112 Å². The summed E-state index contributed by atoms with van der Waals surface area (Å²) in [5.41, 5.74) is -1.24. The number of ether oxygens (including phenoxy) is 2. The van der Waals surface area contributed by atoms with Crippen molar-refractivity contribution < 1.29 is 33.1 Å². The van der Waals surface area contributed by atoms with Crippen molar-refractivity contribution in [2.45, 2.75) is 38.4 Å². The maximum atomic E-state index is 12.2. The van der Waals surface area contributed by atoms with E-state index in [1.165, 1.54) is 20.8 Å². The Kier molecular flexibility index (Phi) is 5.91. The Morgan fingerprint density at radius 1 is 1.19 bits per heavy atom. The van der Waals surface area contributed by atoms with Crippen molar-refractivity contribution >= 4 is 52.7 Å². The van der Waals surface area contributed by atoms with Gasteiger partial charge in [0.15, 0.2) is 12.4 Å². The van der Waals surface area contributed by atoms with Crippen LogP contribution in [0.5, 0.6) is 0 Å². The number of carbonyl (C=O) groups excluding carboxylic acids is 4. The standard InChI is InChI=1S/C17H19Cl2NO7/c1-5-25-14(23)12-11(8(2)21)9(3)27-13(12)20-10(22)6-26-15(24)16(4)7-17(16,18)19/h5-7H2,1-4H3,(H,20,22). The minimum Gasteiger partial charge on any atom is -0.462 e. The Morgan fingerprint density at radius 2 is 1.78 bits per heavy atom. The average molecular weight is 420 g/mol. The van der Waals surface area contributed by atoms with E-state index in [1.54, 1.807) is 6.92 Å². The lowest BCUT2D eigenvalue weighted by molar-refractivity contribution is -0.152. The van der Waals surface area contributed by atoms with Crippen LogP contribution >= 0.6 is 23.2 Å². The van der Waals surface area contributed by atoms with Crippen molar-refractivity contribution in [2.24, 2.45) is 5.41 Å². The second kappa shape index (κ2) is 7.52. The van der Waals surface area contributed by atoms with Crippen LogP contribution < -0.4 is 5.32 Å². The fraction of sp³-hybridized carbons (Fsp3) is 0.529. The Balaban J connectivity index is 2.11. The van der Waals surface area contributed by atoms with Crippen LogP contribution in [0.15, 0.2) is 4.42 Å². The molecule has 0 bridgehead atoms. The number of rotatable bonds is 7. The summed E-state index contributed by atoms with van der Waals surface area (Å²) in [6.45, 7) is 5.29. The molecular weight excluding hydrogens is 401 g/mol. The van der Waals surface area contributed by atoms with Gasteiger partial charge in [-0.05, 0) is 27.7 Å². The van der Waals surface area contributed by atoms with Gasteiger partial charge < -0.3 is 13.9 Å². The molecule has 0 aromatic carbocycles. The molecule has 1 amide bonds. The van der Waals surface area contributed by atoms with Gasteiger partial charge in [-0.1, -0.05) is 0 Å². The van der Waals surface area contributed by atoms with Crippen molar-refractivity contribution in [1.82, 2.24) is 0 Å². The summed E-state index contributed by atoms with van der Waals surface area (Å²) in [5, 5.41) is 2.31. The number of ketones is 1. The number of Topliss-reactive ketones (excluding diaryl/α,β-unsaturated/α-hetero) is 1. The first-order valence-corrected chi connectivity index (χ1v) is 8.86. The highest BCUT2D eigenvalue weighted by molar-refractivity contribution is 6.53. The maximum Gasteiger partial charge on any atom is 0.344 e. The molecule has 1 N–H and O–H groups in total. The fourth-order valence-corrected chi connectivity index (χ4v) is 3.22. The van der Waals surface area contributed by atoms with Crippen LogP contribution in [-0.2, 0) is 19.1 Å². The monoisotopic (exact) mass is 419 g/mol. The lowest BCUT2D eigenvalue weighted by Gasteiger charge is -2.11. The van der Waals surface area contributed by atoms with Gasteiger partial charge >= 0.3 is 11.9 Å². The van der Waals surface area contributed by atoms with Crippen LogP contribution in [0.4, 0.5) is 5.88 Å². The van der Waals surface area contributed by atoms with E-state index in [1.807, 2.05) is 0 Å². The summed E-state index contributed by atoms with van der Waals surface area (Å²) in [6, 6.07) is 0. The minimum absolute atomic E-state index is 0.0142. The molecule has 1 aromatic rings. The molecule has 1 heterocycles. The number of alkyl halides is 2. The van der Waals surface area contributed by atoms with E-state index < -0.39 is 40.0 Å². The first kappa shape index (κ1) is 21.2. The van der Waals surface area contributed by atoms with E-state index in [-0.39, 0.29) is 35.8 Å². The third kappa shape index (κ3) is 4.11. The van der Waals surface area contributed by atoms with Crippen molar-refractivity contribution in [1.29, 1.82) is 0 Å². The van der Waals surface area contributed by atoms with Gasteiger partial charge in [0, 0.05) is 6.42 Å². The van der Waals surface area contributed by atoms with Gasteiger partial charge in [-0.2, -0.15) is 0 Å². The molecular formula is C17H19Cl2NO7. The van der Waals surface area contributed by atoms with Crippen molar-refractivity contribution in [3.63, 3.8) is 0 Å². The predicted octanol–water partition coefficient (Wildman–Crippen LogP) is 3.03. The molecule has 1 atom stereocenters.